The molecule has 0 unspecified atom stereocenters. The minimum atomic E-state index is -2.84. The Bertz CT molecular complexity index is 876. The standard InChI is InChI=1S/C18H23N3O2S2/c1-21-17(11-13-9-10-25(22,23)12-13)19-20-18(21)24-16-8-4-6-14-5-2-3-7-15(14)16/h2-3,5,7,13,16H,4,6,8-12H2,1H3/t13-,16+/m0/s1. The number of thioether (sulfide) groups is 1. The normalized spacial score (nSPS) is 25.0. The first-order valence-corrected chi connectivity index (χ1v) is 11.5. The molecule has 0 saturated carbocycles. The summed E-state index contributed by atoms with van der Waals surface area (Å²) < 4.78 is 25.4. The molecule has 0 spiro atoms. The fourth-order valence-electron chi connectivity index (χ4n) is 3.88. The van der Waals surface area contributed by atoms with Crippen molar-refractivity contribution in [2.45, 2.75) is 42.5 Å². The number of hydrogen-bond acceptors (Lipinski definition) is 5. The minimum Gasteiger partial charge on any atom is -0.309 e. The molecule has 2 heterocycles. The van der Waals surface area contributed by atoms with E-state index in [0.717, 1.165) is 30.2 Å². The van der Waals surface area contributed by atoms with Gasteiger partial charge in [0.05, 0.1) is 11.5 Å². The lowest BCUT2D eigenvalue weighted by Crippen LogP contribution is -2.11. The smallest absolute Gasteiger partial charge is 0.191 e. The zero-order valence-electron chi connectivity index (χ0n) is 14.4. The molecule has 25 heavy (non-hydrogen) atoms. The maximum Gasteiger partial charge on any atom is 0.191 e. The molecule has 4 rings (SSSR count). The summed E-state index contributed by atoms with van der Waals surface area (Å²) in [5.41, 5.74) is 2.87. The maximum absolute atomic E-state index is 11.7. The summed E-state index contributed by atoms with van der Waals surface area (Å²) in [5, 5.41) is 10.1. The third-order valence-corrected chi connectivity index (χ3v) is 8.46. The molecule has 134 valence electrons. The van der Waals surface area contributed by atoms with E-state index in [1.807, 2.05) is 11.6 Å². The molecule has 2 aromatic rings. The predicted octanol–water partition coefficient (Wildman–Crippen LogP) is 2.96. The van der Waals surface area contributed by atoms with Crippen LogP contribution in [0.2, 0.25) is 0 Å². The van der Waals surface area contributed by atoms with Gasteiger partial charge < -0.3 is 4.57 Å². The van der Waals surface area contributed by atoms with E-state index in [1.54, 1.807) is 11.8 Å². The molecule has 0 amide bonds. The van der Waals surface area contributed by atoms with Gasteiger partial charge in [-0.2, -0.15) is 0 Å². The van der Waals surface area contributed by atoms with Crippen LogP contribution in [0.15, 0.2) is 29.4 Å². The highest BCUT2D eigenvalue weighted by atomic mass is 32.2. The summed E-state index contributed by atoms with van der Waals surface area (Å²) in [6.45, 7) is 0. The third-order valence-electron chi connectivity index (χ3n) is 5.29. The van der Waals surface area contributed by atoms with Gasteiger partial charge in [0.15, 0.2) is 15.0 Å². The van der Waals surface area contributed by atoms with Gasteiger partial charge in [-0.15, -0.1) is 10.2 Å². The van der Waals surface area contributed by atoms with Crippen molar-refractivity contribution in [2.24, 2.45) is 13.0 Å². The van der Waals surface area contributed by atoms with E-state index in [2.05, 4.69) is 34.5 Å². The van der Waals surface area contributed by atoms with Crippen molar-refractivity contribution in [3.05, 3.63) is 41.2 Å². The van der Waals surface area contributed by atoms with E-state index in [-0.39, 0.29) is 5.92 Å². The van der Waals surface area contributed by atoms with Gasteiger partial charge in [0.2, 0.25) is 0 Å². The monoisotopic (exact) mass is 377 g/mol. The minimum absolute atomic E-state index is 0.182. The van der Waals surface area contributed by atoms with E-state index in [9.17, 15) is 8.42 Å². The van der Waals surface area contributed by atoms with Crippen LogP contribution in [0.25, 0.3) is 0 Å². The summed E-state index contributed by atoms with van der Waals surface area (Å²) in [7, 11) is -0.845. The van der Waals surface area contributed by atoms with Crippen molar-refractivity contribution >= 4 is 21.6 Å². The lowest BCUT2D eigenvalue weighted by molar-refractivity contribution is 0.552. The average molecular weight is 378 g/mol. The predicted molar refractivity (Wildman–Crippen MR) is 99.4 cm³/mol. The lowest BCUT2D eigenvalue weighted by Gasteiger charge is -2.24. The number of aromatic nitrogens is 3. The number of sulfone groups is 1. The summed E-state index contributed by atoms with van der Waals surface area (Å²) in [6.07, 6.45) is 4.97. The lowest BCUT2D eigenvalue weighted by atomic mass is 9.91. The molecule has 0 radical (unpaired) electrons. The fraction of sp³-hybridized carbons (Fsp3) is 0.556. The molecule has 1 fully saturated rings. The van der Waals surface area contributed by atoms with E-state index in [1.165, 1.54) is 17.5 Å². The fourth-order valence-corrected chi connectivity index (χ4v) is 6.98. The third kappa shape index (κ3) is 3.62. The Morgan fingerprint density at radius 2 is 2.08 bits per heavy atom. The molecule has 0 bridgehead atoms. The van der Waals surface area contributed by atoms with E-state index >= 15 is 0 Å². The molecule has 1 aromatic carbocycles. The van der Waals surface area contributed by atoms with Crippen LogP contribution < -0.4 is 0 Å². The quantitative estimate of drug-likeness (QED) is 0.820. The van der Waals surface area contributed by atoms with Crippen LogP contribution >= 0.6 is 11.8 Å². The summed E-state index contributed by atoms with van der Waals surface area (Å²) in [6, 6.07) is 8.68. The first-order chi connectivity index (χ1) is 12.0. The molecule has 1 aliphatic carbocycles. The molecule has 2 atom stereocenters. The second-order valence-corrected chi connectivity index (χ2v) is 10.5. The van der Waals surface area contributed by atoms with Crippen LogP contribution in [0.5, 0.6) is 0 Å². The number of rotatable bonds is 4. The molecule has 0 N–H and O–H groups in total. The Balaban J connectivity index is 1.49. The van der Waals surface area contributed by atoms with Gasteiger partial charge in [-0.1, -0.05) is 36.0 Å². The molecule has 1 aromatic heterocycles. The Kier molecular flexibility index (Phi) is 4.62. The van der Waals surface area contributed by atoms with Gasteiger partial charge in [-0.3, -0.25) is 0 Å². The Morgan fingerprint density at radius 1 is 1.24 bits per heavy atom. The average Bonchev–Trinajstić information content (AvgIpc) is 3.11. The zero-order valence-corrected chi connectivity index (χ0v) is 16.0. The second kappa shape index (κ2) is 6.76. The highest BCUT2D eigenvalue weighted by Gasteiger charge is 2.30. The second-order valence-electron chi connectivity index (χ2n) is 7.13. The number of benzene rings is 1. The van der Waals surface area contributed by atoms with Gasteiger partial charge in [0.25, 0.3) is 0 Å². The van der Waals surface area contributed by atoms with Gasteiger partial charge in [0, 0.05) is 18.7 Å². The van der Waals surface area contributed by atoms with Crippen molar-refractivity contribution in [1.29, 1.82) is 0 Å². The van der Waals surface area contributed by atoms with Crippen LogP contribution in [0.4, 0.5) is 0 Å². The van der Waals surface area contributed by atoms with Crippen LogP contribution in [0, 0.1) is 5.92 Å². The molecule has 1 saturated heterocycles. The Morgan fingerprint density at radius 3 is 2.88 bits per heavy atom. The van der Waals surface area contributed by atoms with Gasteiger partial charge >= 0.3 is 0 Å². The van der Waals surface area contributed by atoms with Crippen LogP contribution in [-0.2, 0) is 29.7 Å². The first kappa shape index (κ1) is 17.1. The van der Waals surface area contributed by atoms with Gasteiger partial charge in [-0.25, -0.2) is 8.42 Å². The van der Waals surface area contributed by atoms with Crippen LogP contribution in [0.1, 0.15) is 41.5 Å². The molecular weight excluding hydrogens is 354 g/mol. The highest BCUT2D eigenvalue weighted by Crippen LogP contribution is 2.42. The van der Waals surface area contributed by atoms with Crippen LogP contribution in [0.3, 0.4) is 0 Å². The van der Waals surface area contributed by atoms with Crippen molar-refractivity contribution in [3.8, 4) is 0 Å². The van der Waals surface area contributed by atoms with Gasteiger partial charge in [0.1, 0.15) is 5.82 Å². The summed E-state index contributed by atoms with van der Waals surface area (Å²) in [5.74, 6) is 1.68. The van der Waals surface area contributed by atoms with Crippen molar-refractivity contribution < 1.29 is 8.42 Å². The largest absolute Gasteiger partial charge is 0.309 e. The first-order valence-electron chi connectivity index (χ1n) is 8.85. The summed E-state index contributed by atoms with van der Waals surface area (Å²) >= 11 is 1.78. The van der Waals surface area contributed by atoms with Crippen molar-refractivity contribution in [3.63, 3.8) is 0 Å². The van der Waals surface area contributed by atoms with Crippen molar-refractivity contribution in [1.82, 2.24) is 14.8 Å². The molecular formula is C18H23N3O2S2. The number of hydrogen-bond donors (Lipinski definition) is 0. The number of fused-ring (bicyclic) bond motifs is 1. The Labute approximate surface area is 153 Å². The van der Waals surface area contributed by atoms with E-state index in [4.69, 9.17) is 0 Å². The molecule has 5 nitrogen and oxygen atoms in total. The van der Waals surface area contributed by atoms with Crippen molar-refractivity contribution in [2.75, 3.05) is 11.5 Å². The zero-order chi connectivity index (χ0) is 17.4. The topological polar surface area (TPSA) is 64.8 Å². The molecule has 1 aliphatic heterocycles. The van der Waals surface area contributed by atoms with E-state index < -0.39 is 9.84 Å². The summed E-state index contributed by atoms with van der Waals surface area (Å²) in [4.78, 5) is 0. The van der Waals surface area contributed by atoms with E-state index in [0.29, 0.717) is 23.2 Å². The Hall–Kier alpha value is -1.34. The SMILES string of the molecule is Cn1c(C[C@@H]2CCS(=O)(=O)C2)nnc1S[C@@H]1CCCc2ccccc21. The highest BCUT2D eigenvalue weighted by molar-refractivity contribution is 7.99. The number of nitrogens with zero attached hydrogens (tertiary/aromatic N) is 3. The number of aryl methyl sites for hydroxylation is 1. The van der Waals surface area contributed by atoms with Gasteiger partial charge in [-0.05, 0) is 42.7 Å². The maximum atomic E-state index is 11.7. The van der Waals surface area contributed by atoms with Crippen LogP contribution in [-0.4, -0.2) is 34.7 Å². The molecule has 7 heteroatoms. The molecule has 2 aliphatic rings.